The molecule has 10 heteroatoms. The lowest BCUT2D eigenvalue weighted by Crippen LogP contribution is -2.52. The summed E-state index contributed by atoms with van der Waals surface area (Å²) in [7, 11) is 3.38. The Hall–Kier alpha value is -2.08. The first kappa shape index (κ1) is 24.2. The molecule has 2 heterocycles. The van der Waals surface area contributed by atoms with E-state index in [9.17, 15) is 0 Å². The maximum absolute atomic E-state index is 5.51. The van der Waals surface area contributed by atoms with Crippen molar-refractivity contribution in [1.82, 2.24) is 25.3 Å². The van der Waals surface area contributed by atoms with Crippen LogP contribution in [0.4, 0.5) is 0 Å². The number of rotatable bonds is 7. The van der Waals surface area contributed by atoms with Crippen LogP contribution in [0.2, 0.25) is 0 Å². The van der Waals surface area contributed by atoms with E-state index in [4.69, 9.17) is 14.0 Å². The first-order valence-electron chi connectivity index (χ1n) is 9.88. The van der Waals surface area contributed by atoms with E-state index in [1.54, 1.807) is 21.1 Å². The van der Waals surface area contributed by atoms with E-state index in [1.165, 1.54) is 0 Å². The van der Waals surface area contributed by atoms with Gasteiger partial charge < -0.3 is 24.2 Å². The van der Waals surface area contributed by atoms with Gasteiger partial charge in [0.15, 0.2) is 11.8 Å². The fraction of sp³-hybridized carbons (Fsp3) is 0.550. The molecule has 9 nitrogen and oxygen atoms in total. The van der Waals surface area contributed by atoms with Crippen molar-refractivity contribution >= 4 is 29.9 Å². The second-order valence-electron chi connectivity index (χ2n) is 6.85. The Kier molecular flexibility index (Phi) is 9.63. The van der Waals surface area contributed by atoms with Crippen LogP contribution in [-0.4, -0.2) is 72.8 Å². The summed E-state index contributed by atoms with van der Waals surface area (Å²) in [5.41, 5.74) is 1.13. The number of guanidine groups is 1. The third-order valence-electron chi connectivity index (χ3n) is 4.82. The number of hydrogen-bond acceptors (Lipinski definition) is 7. The van der Waals surface area contributed by atoms with E-state index in [-0.39, 0.29) is 24.0 Å². The van der Waals surface area contributed by atoms with E-state index in [0.717, 1.165) is 62.3 Å². The molecule has 1 fully saturated rings. The molecule has 1 N–H and O–H groups in total. The topological polar surface area (TPSA) is 88.2 Å². The first-order chi connectivity index (χ1) is 14.1. The minimum Gasteiger partial charge on any atom is -0.497 e. The lowest BCUT2D eigenvalue weighted by Gasteiger charge is -2.36. The third-order valence-corrected chi connectivity index (χ3v) is 4.82. The molecule has 1 aliphatic rings. The quantitative estimate of drug-likeness (QED) is 0.332. The van der Waals surface area contributed by atoms with Crippen LogP contribution in [0.15, 0.2) is 27.7 Å². The molecule has 1 aliphatic heterocycles. The number of ether oxygens (including phenoxy) is 2. The highest BCUT2D eigenvalue weighted by Crippen LogP contribution is 2.25. The Balaban J connectivity index is 0.00000320. The van der Waals surface area contributed by atoms with Gasteiger partial charge >= 0.3 is 0 Å². The molecule has 1 aromatic carbocycles. The van der Waals surface area contributed by atoms with Crippen LogP contribution >= 0.6 is 24.0 Å². The summed E-state index contributed by atoms with van der Waals surface area (Å²) in [6.45, 7) is 9.53. The van der Waals surface area contributed by atoms with Gasteiger partial charge in [0, 0.05) is 44.8 Å². The van der Waals surface area contributed by atoms with E-state index in [2.05, 4.69) is 37.2 Å². The number of piperazine rings is 1. The van der Waals surface area contributed by atoms with Gasteiger partial charge in [-0.2, -0.15) is 4.98 Å². The van der Waals surface area contributed by atoms with Crippen molar-refractivity contribution in [3.63, 3.8) is 0 Å². The van der Waals surface area contributed by atoms with Crippen molar-refractivity contribution in [3.8, 4) is 11.5 Å². The van der Waals surface area contributed by atoms with Gasteiger partial charge in [-0.1, -0.05) is 5.16 Å². The number of nitrogens with zero attached hydrogens (tertiary/aromatic N) is 5. The number of hydrogen-bond donors (Lipinski definition) is 1. The maximum Gasteiger partial charge on any atom is 0.248 e. The monoisotopic (exact) mass is 530 g/mol. The zero-order chi connectivity index (χ0) is 20.6. The van der Waals surface area contributed by atoms with Gasteiger partial charge in [0.1, 0.15) is 18.0 Å². The van der Waals surface area contributed by atoms with Crippen LogP contribution in [0.25, 0.3) is 0 Å². The molecule has 0 amide bonds. The van der Waals surface area contributed by atoms with Crippen molar-refractivity contribution in [1.29, 1.82) is 0 Å². The van der Waals surface area contributed by atoms with Crippen molar-refractivity contribution in [3.05, 3.63) is 35.5 Å². The lowest BCUT2D eigenvalue weighted by molar-refractivity contribution is 0.171. The van der Waals surface area contributed by atoms with Gasteiger partial charge in [-0.05, 0) is 32.0 Å². The molecule has 30 heavy (non-hydrogen) atoms. The van der Waals surface area contributed by atoms with Gasteiger partial charge in [0.25, 0.3) is 0 Å². The number of halogens is 1. The Morgan fingerprint density at radius 3 is 2.57 bits per heavy atom. The second kappa shape index (κ2) is 11.9. The number of aromatic nitrogens is 2. The molecule has 1 saturated heterocycles. The molecule has 0 spiro atoms. The minimum atomic E-state index is 0. The summed E-state index contributed by atoms with van der Waals surface area (Å²) in [6, 6.07) is 5.92. The van der Waals surface area contributed by atoms with Crippen molar-refractivity contribution in [2.45, 2.75) is 26.9 Å². The van der Waals surface area contributed by atoms with E-state index < -0.39 is 0 Å². The average molecular weight is 530 g/mol. The minimum absolute atomic E-state index is 0. The maximum atomic E-state index is 5.51. The van der Waals surface area contributed by atoms with Crippen LogP contribution in [0.1, 0.15) is 24.2 Å². The Morgan fingerprint density at radius 1 is 1.20 bits per heavy atom. The summed E-state index contributed by atoms with van der Waals surface area (Å²) < 4.78 is 16.0. The van der Waals surface area contributed by atoms with Crippen molar-refractivity contribution in [2.24, 2.45) is 4.99 Å². The van der Waals surface area contributed by atoms with Crippen molar-refractivity contribution < 1.29 is 14.0 Å². The number of nitrogens with one attached hydrogen (secondary N) is 1. The highest BCUT2D eigenvalue weighted by molar-refractivity contribution is 14.0. The zero-order valence-corrected chi connectivity index (χ0v) is 20.4. The highest BCUT2D eigenvalue weighted by atomic mass is 127. The Morgan fingerprint density at radius 2 is 1.97 bits per heavy atom. The van der Waals surface area contributed by atoms with Gasteiger partial charge in [-0.15, -0.1) is 24.0 Å². The van der Waals surface area contributed by atoms with Gasteiger partial charge in [0.2, 0.25) is 5.89 Å². The summed E-state index contributed by atoms with van der Waals surface area (Å²) in [6.07, 6.45) is 0. The number of methoxy groups -OCH3 is 2. The summed E-state index contributed by atoms with van der Waals surface area (Å²) in [5.74, 6) is 3.76. The predicted molar refractivity (Wildman–Crippen MR) is 126 cm³/mol. The molecule has 0 bridgehead atoms. The molecule has 0 saturated carbocycles. The lowest BCUT2D eigenvalue weighted by atomic mass is 10.1. The average Bonchev–Trinajstić information content (AvgIpc) is 3.17. The molecular weight excluding hydrogens is 499 g/mol. The van der Waals surface area contributed by atoms with E-state index in [0.29, 0.717) is 18.3 Å². The molecule has 3 rings (SSSR count). The molecule has 166 valence electrons. The molecule has 0 radical (unpaired) electrons. The van der Waals surface area contributed by atoms with Crippen LogP contribution in [0.3, 0.4) is 0 Å². The first-order valence-corrected chi connectivity index (χ1v) is 9.88. The zero-order valence-electron chi connectivity index (χ0n) is 18.1. The molecule has 2 aromatic rings. The van der Waals surface area contributed by atoms with E-state index >= 15 is 0 Å². The van der Waals surface area contributed by atoms with E-state index in [1.807, 2.05) is 18.2 Å². The third kappa shape index (κ3) is 6.46. The summed E-state index contributed by atoms with van der Waals surface area (Å²) >= 11 is 0. The number of benzene rings is 1. The predicted octanol–water partition coefficient (Wildman–Crippen LogP) is 2.30. The number of aryl methyl sites for hydroxylation is 1. The van der Waals surface area contributed by atoms with Gasteiger partial charge in [-0.25, -0.2) is 4.99 Å². The molecule has 1 aromatic heterocycles. The summed E-state index contributed by atoms with van der Waals surface area (Å²) in [4.78, 5) is 13.6. The van der Waals surface area contributed by atoms with Crippen LogP contribution in [-0.2, 0) is 13.1 Å². The fourth-order valence-electron chi connectivity index (χ4n) is 3.34. The number of aliphatic imine (C=N–C) groups is 1. The molecular formula is C20H31IN6O3. The normalized spacial score (nSPS) is 14.9. The molecule has 0 aliphatic carbocycles. The Bertz CT molecular complexity index is 821. The second-order valence-corrected chi connectivity index (χ2v) is 6.85. The highest BCUT2D eigenvalue weighted by Gasteiger charge is 2.21. The largest absolute Gasteiger partial charge is 0.497 e. The SMILES string of the molecule is CCNC(=NCc1nc(C)no1)N1CCN(Cc2cc(OC)ccc2OC)CC1.I. The molecule has 0 atom stereocenters. The van der Waals surface area contributed by atoms with Crippen LogP contribution in [0.5, 0.6) is 11.5 Å². The van der Waals surface area contributed by atoms with Crippen LogP contribution < -0.4 is 14.8 Å². The smallest absolute Gasteiger partial charge is 0.248 e. The Labute approximate surface area is 194 Å². The standard InChI is InChI=1S/C20H30N6O3.HI/c1-5-21-20(22-13-19-23-15(2)24-29-19)26-10-8-25(9-11-26)14-16-12-17(27-3)6-7-18(16)28-4;/h6-7,12H,5,8-11,13-14H2,1-4H3,(H,21,22);1H. The van der Waals surface area contributed by atoms with Gasteiger partial charge in [-0.3, -0.25) is 4.90 Å². The fourth-order valence-corrected chi connectivity index (χ4v) is 3.34. The summed E-state index contributed by atoms with van der Waals surface area (Å²) in [5, 5.41) is 7.17. The van der Waals surface area contributed by atoms with Gasteiger partial charge in [0.05, 0.1) is 14.2 Å². The van der Waals surface area contributed by atoms with Crippen molar-refractivity contribution in [2.75, 3.05) is 46.9 Å². The van der Waals surface area contributed by atoms with Crippen LogP contribution in [0, 0.1) is 6.92 Å². The molecule has 0 unspecified atom stereocenters.